The second-order valence-corrected chi connectivity index (χ2v) is 6.05. The Morgan fingerprint density at radius 1 is 1.55 bits per heavy atom. The van der Waals surface area contributed by atoms with Crippen molar-refractivity contribution < 1.29 is 9.53 Å². The van der Waals surface area contributed by atoms with Gasteiger partial charge in [0.1, 0.15) is 0 Å². The molecule has 1 fully saturated rings. The molecule has 1 saturated heterocycles. The van der Waals surface area contributed by atoms with E-state index in [1.807, 2.05) is 10.9 Å². The molecule has 20 heavy (non-hydrogen) atoms. The highest BCUT2D eigenvalue weighted by Crippen LogP contribution is 2.25. The van der Waals surface area contributed by atoms with E-state index in [-0.39, 0.29) is 11.9 Å². The molecule has 5 heteroatoms. The normalized spacial score (nSPS) is 24.1. The van der Waals surface area contributed by atoms with E-state index in [9.17, 15) is 4.79 Å². The Morgan fingerprint density at radius 3 is 2.85 bits per heavy atom. The van der Waals surface area contributed by atoms with Gasteiger partial charge in [-0.15, -0.1) is 0 Å². The van der Waals surface area contributed by atoms with Crippen LogP contribution in [0.25, 0.3) is 0 Å². The molecule has 112 valence electrons. The van der Waals surface area contributed by atoms with Crippen molar-refractivity contribution in [1.29, 1.82) is 0 Å². The van der Waals surface area contributed by atoms with Crippen molar-refractivity contribution in [1.82, 2.24) is 14.7 Å². The van der Waals surface area contributed by atoms with Gasteiger partial charge in [0, 0.05) is 30.9 Å². The lowest BCUT2D eigenvalue weighted by Gasteiger charge is -2.35. The predicted molar refractivity (Wildman–Crippen MR) is 77.2 cm³/mol. The molecule has 0 amide bonds. The molecule has 0 spiro atoms. The molecule has 2 atom stereocenters. The molecule has 0 saturated carbocycles. The summed E-state index contributed by atoms with van der Waals surface area (Å²) < 4.78 is 6.86. The SMILES string of the molecule is COC(=O)[C@@H]1CCN(Cc2cnn(C(C)C)c2)C[C@H]1C. The summed E-state index contributed by atoms with van der Waals surface area (Å²) in [6.07, 6.45) is 4.94. The lowest BCUT2D eigenvalue weighted by atomic mass is 9.87. The first kappa shape index (κ1) is 15.0. The number of piperidine rings is 1. The Kier molecular flexibility index (Phi) is 4.81. The van der Waals surface area contributed by atoms with Gasteiger partial charge in [0.05, 0.1) is 19.2 Å². The molecule has 0 unspecified atom stereocenters. The van der Waals surface area contributed by atoms with Crippen LogP contribution in [0, 0.1) is 11.8 Å². The zero-order valence-electron chi connectivity index (χ0n) is 12.9. The van der Waals surface area contributed by atoms with Crippen LogP contribution in [0.2, 0.25) is 0 Å². The molecule has 0 aromatic carbocycles. The highest BCUT2D eigenvalue weighted by molar-refractivity contribution is 5.72. The standard InChI is InChI=1S/C15H25N3O2/c1-11(2)18-10-13(7-16-18)9-17-6-5-14(12(3)8-17)15(19)20-4/h7,10-12,14H,5-6,8-9H2,1-4H3/t12-,14-/m1/s1. The quantitative estimate of drug-likeness (QED) is 0.792. The number of nitrogens with zero attached hydrogens (tertiary/aromatic N) is 3. The zero-order valence-corrected chi connectivity index (χ0v) is 12.9. The monoisotopic (exact) mass is 279 g/mol. The van der Waals surface area contributed by atoms with Crippen LogP contribution in [0.4, 0.5) is 0 Å². The van der Waals surface area contributed by atoms with E-state index >= 15 is 0 Å². The van der Waals surface area contributed by atoms with Gasteiger partial charge in [0.2, 0.25) is 0 Å². The van der Waals surface area contributed by atoms with E-state index in [1.54, 1.807) is 0 Å². The van der Waals surface area contributed by atoms with E-state index < -0.39 is 0 Å². The van der Waals surface area contributed by atoms with Gasteiger partial charge in [-0.1, -0.05) is 6.92 Å². The number of hydrogen-bond acceptors (Lipinski definition) is 4. The number of aromatic nitrogens is 2. The zero-order chi connectivity index (χ0) is 14.7. The lowest BCUT2D eigenvalue weighted by molar-refractivity contribution is -0.149. The van der Waals surface area contributed by atoms with E-state index in [4.69, 9.17) is 4.74 Å². The van der Waals surface area contributed by atoms with Crippen molar-refractivity contribution in [2.75, 3.05) is 20.2 Å². The number of methoxy groups -OCH3 is 1. The molecule has 1 aromatic heterocycles. The fourth-order valence-electron chi connectivity index (χ4n) is 2.88. The first-order chi connectivity index (χ1) is 9.51. The number of hydrogen-bond donors (Lipinski definition) is 0. The van der Waals surface area contributed by atoms with Crippen LogP contribution in [-0.4, -0.2) is 40.8 Å². The molecule has 1 aliphatic heterocycles. The Bertz CT molecular complexity index is 456. The third-order valence-corrected chi connectivity index (χ3v) is 4.08. The molecule has 0 radical (unpaired) electrons. The summed E-state index contributed by atoms with van der Waals surface area (Å²) in [4.78, 5) is 14.1. The van der Waals surface area contributed by atoms with Gasteiger partial charge in [-0.2, -0.15) is 5.10 Å². The van der Waals surface area contributed by atoms with Crippen LogP contribution < -0.4 is 0 Å². The lowest BCUT2D eigenvalue weighted by Crippen LogP contribution is -2.41. The van der Waals surface area contributed by atoms with Crippen molar-refractivity contribution in [2.24, 2.45) is 11.8 Å². The van der Waals surface area contributed by atoms with Crippen molar-refractivity contribution in [3.05, 3.63) is 18.0 Å². The number of ether oxygens (including phenoxy) is 1. The van der Waals surface area contributed by atoms with Gasteiger partial charge in [-0.3, -0.25) is 14.4 Å². The Labute approximate surface area is 120 Å². The molecular formula is C15H25N3O2. The number of carbonyl (C=O) groups excluding carboxylic acids is 1. The fourth-order valence-corrected chi connectivity index (χ4v) is 2.88. The third-order valence-electron chi connectivity index (χ3n) is 4.08. The van der Waals surface area contributed by atoms with Crippen LogP contribution in [0.15, 0.2) is 12.4 Å². The summed E-state index contributed by atoms with van der Waals surface area (Å²) in [5.41, 5.74) is 1.24. The van der Waals surface area contributed by atoms with Crippen molar-refractivity contribution >= 4 is 5.97 Å². The predicted octanol–water partition coefficient (Wildman–Crippen LogP) is 2.09. The maximum Gasteiger partial charge on any atom is 0.309 e. The molecule has 1 aliphatic rings. The molecule has 0 aliphatic carbocycles. The van der Waals surface area contributed by atoms with Gasteiger partial charge in [-0.25, -0.2) is 0 Å². The summed E-state index contributed by atoms with van der Waals surface area (Å²) in [6.45, 7) is 9.17. The number of esters is 1. The molecule has 2 rings (SSSR count). The highest BCUT2D eigenvalue weighted by atomic mass is 16.5. The smallest absolute Gasteiger partial charge is 0.309 e. The summed E-state index contributed by atoms with van der Waals surface area (Å²) in [6, 6.07) is 0.396. The molecule has 5 nitrogen and oxygen atoms in total. The Hall–Kier alpha value is -1.36. The fraction of sp³-hybridized carbons (Fsp3) is 0.733. The number of rotatable bonds is 4. The van der Waals surface area contributed by atoms with E-state index in [1.165, 1.54) is 12.7 Å². The summed E-state index contributed by atoms with van der Waals surface area (Å²) in [5, 5.41) is 4.37. The van der Waals surface area contributed by atoms with Crippen LogP contribution in [-0.2, 0) is 16.1 Å². The maximum absolute atomic E-state index is 11.7. The van der Waals surface area contributed by atoms with Gasteiger partial charge in [-0.05, 0) is 32.7 Å². The minimum absolute atomic E-state index is 0.0506. The van der Waals surface area contributed by atoms with Crippen molar-refractivity contribution in [3.8, 4) is 0 Å². The molecule has 0 bridgehead atoms. The second-order valence-electron chi connectivity index (χ2n) is 6.05. The minimum Gasteiger partial charge on any atom is -0.469 e. The van der Waals surface area contributed by atoms with Crippen molar-refractivity contribution in [2.45, 2.75) is 39.8 Å². The van der Waals surface area contributed by atoms with Gasteiger partial charge >= 0.3 is 5.97 Å². The Morgan fingerprint density at radius 2 is 2.30 bits per heavy atom. The average molecular weight is 279 g/mol. The summed E-state index contributed by atoms with van der Waals surface area (Å²) >= 11 is 0. The minimum atomic E-state index is -0.0650. The van der Waals surface area contributed by atoms with Gasteiger partial charge in [0.15, 0.2) is 0 Å². The van der Waals surface area contributed by atoms with E-state index in [0.717, 1.165) is 26.1 Å². The molecule has 2 heterocycles. The Balaban J connectivity index is 1.91. The maximum atomic E-state index is 11.7. The van der Waals surface area contributed by atoms with E-state index in [2.05, 4.69) is 37.0 Å². The third kappa shape index (κ3) is 3.39. The van der Waals surface area contributed by atoms with Gasteiger partial charge in [0.25, 0.3) is 0 Å². The first-order valence-corrected chi connectivity index (χ1v) is 7.34. The largest absolute Gasteiger partial charge is 0.469 e. The second kappa shape index (κ2) is 6.39. The summed E-state index contributed by atoms with van der Waals surface area (Å²) in [5.74, 6) is 0.329. The van der Waals surface area contributed by atoms with Crippen LogP contribution >= 0.6 is 0 Å². The van der Waals surface area contributed by atoms with Crippen LogP contribution in [0.1, 0.15) is 38.8 Å². The van der Waals surface area contributed by atoms with Gasteiger partial charge < -0.3 is 4.74 Å². The molecule has 1 aromatic rings. The topological polar surface area (TPSA) is 47.4 Å². The first-order valence-electron chi connectivity index (χ1n) is 7.34. The van der Waals surface area contributed by atoms with Crippen LogP contribution in [0.3, 0.4) is 0 Å². The number of carbonyl (C=O) groups is 1. The van der Waals surface area contributed by atoms with Crippen LogP contribution in [0.5, 0.6) is 0 Å². The summed E-state index contributed by atoms with van der Waals surface area (Å²) in [7, 11) is 1.47. The highest BCUT2D eigenvalue weighted by Gasteiger charge is 2.31. The van der Waals surface area contributed by atoms with E-state index in [0.29, 0.717) is 12.0 Å². The number of likely N-dealkylation sites (tertiary alicyclic amines) is 1. The average Bonchev–Trinajstić information content (AvgIpc) is 2.87. The van der Waals surface area contributed by atoms with Crippen molar-refractivity contribution in [3.63, 3.8) is 0 Å². The molecule has 0 N–H and O–H groups in total. The molecular weight excluding hydrogens is 254 g/mol.